The average Bonchev–Trinajstić information content (AvgIpc) is 2.39. The fraction of sp³-hybridized carbons (Fsp3) is 0.0667. The van der Waals surface area contributed by atoms with Crippen molar-refractivity contribution in [2.45, 2.75) is 16.7 Å². The van der Waals surface area contributed by atoms with Gasteiger partial charge in [-0.3, -0.25) is 9.59 Å². The topological polar surface area (TPSA) is 34.1 Å². The first-order valence-corrected chi connectivity index (χ1v) is 6.85. The Morgan fingerprint density at radius 1 is 1.05 bits per heavy atom. The van der Waals surface area contributed by atoms with Gasteiger partial charge in [-0.05, 0) is 42.8 Å². The molecule has 0 aliphatic carbocycles. The van der Waals surface area contributed by atoms with Gasteiger partial charge in [0.15, 0.2) is 5.78 Å². The van der Waals surface area contributed by atoms with Gasteiger partial charge in [-0.1, -0.05) is 36.0 Å². The minimum absolute atomic E-state index is 0.0177. The molecule has 2 nitrogen and oxygen atoms in total. The van der Waals surface area contributed by atoms with E-state index < -0.39 is 5.24 Å². The standard InChI is InChI=1S/C15H11ClO2S/c1-10(17)11-5-4-6-12(9-11)19-14-8-3-2-7-13(14)15(16)18/h2-9H,1H3. The summed E-state index contributed by atoms with van der Waals surface area (Å²) in [5.74, 6) is 0.0177. The molecule has 2 rings (SSSR count). The second-order valence-electron chi connectivity index (χ2n) is 3.96. The molecule has 2 aromatic rings. The maximum absolute atomic E-state index is 11.3. The maximum Gasteiger partial charge on any atom is 0.253 e. The minimum Gasteiger partial charge on any atom is -0.295 e. The zero-order chi connectivity index (χ0) is 13.8. The molecular weight excluding hydrogens is 280 g/mol. The Hall–Kier alpha value is -1.58. The molecule has 19 heavy (non-hydrogen) atoms. The van der Waals surface area contributed by atoms with Crippen molar-refractivity contribution in [2.24, 2.45) is 0 Å². The first-order chi connectivity index (χ1) is 9.08. The highest BCUT2D eigenvalue weighted by atomic mass is 35.5. The van der Waals surface area contributed by atoms with Crippen LogP contribution in [0.1, 0.15) is 27.6 Å². The number of ketones is 1. The molecule has 0 aliphatic rings. The zero-order valence-corrected chi connectivity index (χ0v) is 11.8. The van der Waals surface area contributed by atoms with Crippen molar-refractivity contribution < 1.29 is 9.59 Å². The lowest BCUT2D eigenvalue weighted by Gasteiger charge is -2.06. The number of hydrogen-bond donors (Lipinski definition) is 0. The smallest absolute Gasteiger partial charge is 0.253 e. The number of hydrogen-bond acceptors (Lipinski definition) is 3. The van der Waals surface area contributed by atoms with Gasteiger partial charge in [0.1, 0.15) is 0 Å². The summed E-state index contributed by atoms with van der Waals surface area (Å²) in [4.78, 5) is 24.4. The van der Waals surface area contributed by atoms with Gasteiger partial charge in [0.2, 0.25) is 0 Å². The molecule has 0 heterocycles. The highest BCUT2D eigenvalue weighted by molar-refractivity contribution is 7.99. The highest BCUT2D eigenvalue weighted by Gasteiger charge is 2.10. The number of benzene rings is 2. The Labute approximate surface area is 120 Å². The van der Waals surface area contributed by atoms with Gasteiger partial charge in [0.25, 0.3) is 5.24 Å². The summed E-state index contributed by atoms with van der Waals surface area (Å²) in [6.45, 7) is 1.53. The Balaban J connectivity index is 2.34. The molecule has 0 atom stereocenters. The van der Waals surface area contributed by atoms with Crippen LogP contribution < -0.4 is 0 Å². The first-order valence-electron chi connectivity index (χ1n) is 5.65. The Morgan fingerprint density at radius 3 is 2.47 bits per heavy atom. The molecule has 4 heteroatoms. The van der Waals surface area contributed by atoms with Gasteiger partial charge in [-0.25, -0.2) is 0 Å². The van der Waals surface area contributed by atoms with E-state index >= 15 is 0 Å². The van der Waals surface area contributed by atoms with Crippen LogP contribution in [0.5, 0.6) is 0 Å². The van der Waals surface area contributed by atoms with Crippen LogP contribution >= 0.6 is 23.4 Å². The van der Waals surface area contributed by atoms with Crippen LogP contribution in [-0.2, 0) is 0 Å². The van der Waals surface area contributed by atoms with Crippen LogP contribution in [0.4, 0.5) is 0 Å². The van der Waals surface area contributed by atoms with Crippen LogP contribution in [-0.4, -0.2) is 11.0 Å². The average molecular weight is 291 g/mol. The van der Waals surface area contributed by atoms with E-state index in [1.807, 2.05) is 30.3 Å². The molecule has 0 unspecified atom stereocenters. The van der Waals surface area contributed by atoms with Gasteiger partial charge in [-0.2, -0.15) is 0 Å². The van der Waals surface area contributed by atoms with Crippen LogP contribution in [0.3, 0.4) is 0 Å². The monoisotopic (exact) mass is 290 g/mol. The summed E-state index contributed by atoms with van der Waals surface area (Å²) >= 11 is 6.97. The van der Waals surface area contributed by atoms with E-state index in [1.54, 1.807) is 18.2 Å². The van der Waals surface area contributed by atoms with Crippen molar-refractivity contribution in [1.29, 1.82) is 0 Å². The summed E-state index contributed by atoms with van der Waals surface area (Å²) < 4.78 is 0. The van der Waals surface area contributed by atoms with Crippen molar-refractivity contribution in [3.63, 3.8) is 0 Å². The van der Waals surface area contributed by atoms with Crippen LogP contribution in [0, 0.1) is 0 Å². The Morgan fingerprint density at radius 2 is 1.79 bits per heavy atom. The summed E-state index contributed by atoms with van der Waals surface area (Å²) in [5.41, 5.74) is 1.13. The van der Waals surface area contributed by atoms with Crippen LogP contribution in [0.15, 0.2) is 58.3 Å². The molecule has 0 fully saturated rings. The van der Waals surface area contributed by atoms with E-state index in [-0.39, 0.29) is 5.78 Å². The van der Waals surface area contributed by atoms with Crippen LogP contribution in [0.25, 0.3) is 0 Å². The molecule has 2 aromatic carbocycles. The van der Waals surface area contributed by atoms with Gasteiger partial charge < -0.3 is 0 Å². The summed E-state index contributed by atoms with van der Waals surface area (Å²) in [7, 11) is 0. The van der Waals surface area contributed by atoms with Crippen molar-refractivity contribution in [2.75, 3.05) is 0 Å². The number of rotatable bonds is 4. The molecule has 0 saturated carbocycles. The Kier molecular flexibility index (Phi) is 4.40. The van der Waals surface area contributed by atoms with Crippen molar-refractivity contribution in [3.8, 4) is 0 Å². The molecule has 96 valence electrons. The molecule has 0 saturated heterocycles. The van der Waals surface area contributed by atoms with Gasteiger partial charge in [0, 0.05) is 20.9 Å². The lowest BCUT2D eigenvalue weighted by atomic mass is 10.2. The SMILES string of the molecule is CC(=O)c1cccc(Sc2ccccc2C(=O)Cl)c1. The van der Waals surface area contributed by atoms with E-state index in [0.717, 1.165) is 9.79 Å². The number of carbonyl (C=O) groups excluding carboxylic acids is 2. The van der Waals surface area contributed by atoms with Crippen LogP contribution in [0.2, 0.25) is 0 Å². The predicted molar refractivity (Wildman–Crippen MR) is 77.2 cm³/mol. The van der Waals surface area contributed by atoms with Gasteiger partial charge in [-0.15, -0.1) is 0 Å². The summed E-state index contributed by atoms with van der Waals surface area (Å²) in [6.07, 6.45) is 0. The zero-order valence-electron chi connectivity index (χ0n) is 10.2. The van der Waals surface area contributed by atoms with Crippen molar-refractivity contribution >= 4 is 34.4 Å². The van der Waals surface area contributed by atoms with Gasteiger partial charge in [0.05, 0.1) is 0 Å². The third-order valence-electron chi connectivity index (χ3n) is 2.57. The number of Topliss-reactive ketones (excluding diaryl/α,β-unsaturated/α-hetero) is 1. The predicted octanol–water partition coefficient (Wildman–Crippen LogP) is 4.42. The molecule has 0 bridgehead atoms. The molecule has 0 N–H and O–H groups in total. The van der Waals surface area contributed by atoms with Crippen molar-refractivity contribution in [3.05, 3.63) is 59.7 Å². The third kappa shape index (κ3) is 3.46. The minimum atomic E-state index is -0.481. The third-order valence-corrected chi connectivity index (χ3v) is 3.84. The molecule has 0 aliphatic heterocycles. The second-order valence-corrected chi connectivity index (χ2v) is 5.41. The van der Waals surface area contributed by atoms with Crippen molar-refractivity contribution in [1.82, 2.24) is 0 Å². The molecular formula is C15H11ClO2S. The molecule has 0 amide bonds. The number of halogens is 1. The summed E-state index contributed by atoms with van der Waals surface area (Å²) in [6, 6.07) is 14.4. The quantitative estimate of drug-likeness (QED) is 0.617. The molecule has 0 radical (unpaired) electrons. The molecule has 0 spiro atoms. The fourth-order valence-corrected chi connectivity index (χ4v) is 2.85. The van der Waals surface area contributed by atoms with E-state index in [0.29, 0.717) is 11.1 Å². The highest BCUT2D eigenvalue weighted by Crippen LogP contribution is 2.31. The van der Waals surface area contributed by atoms with E-state index in [9.17, 15) is 9.59 Å². The van der Waals surface area contributed by atoms with E-state index in [2.05, 4.69) is 0 Å². The Bertz CT molecular complexity index is 638. The lowest BCUT2D eigenvalue weighted by molar-refractivity contribution is 0.101. The molecule has 0 aromatic heterocycles. The number of carbonyl (C=O) groups is 2. The fourth-order valence-electron chi connectivity index (χ4n) is 1.62. The largest absolute Gasteiger partial charge is 0.295 e. The van der Waals surface area contributed by atoms with E-state index in [1.165, 1.54) is 18.7 Å². The van der Waals surface area contributed by atoms with E-state index in [4.69, 9.17) is 11.6 Å². The summed E-state index contributed by atoms with van der Waals surface area (Å²) in [5, 5.41) is -0.481. The van der Waals surface area contributed by atoms with Gasteiger partial charge >= 0.3 is 0 Å². The first kappa shape index (κ1) is 13.8. The second kappa shape index (κ2) is 6.04. The lowest BCUT2D eigenvalue weighted by Crippen LogP contribution is -1.93. The maximum atomic E-state index is 11.3. The normalized spacial score (nSPS) is 10.2.